The zero-order valence-corrected chi connectivity index (χ0v) is 7.51. The first kappa shape index (κ1) is 9.23. The third-order valence-electron chi connectivity index (χ3n) is 2.12. The number of hydrogen-bond acceptors (Lipinski definition) is 2. The predicted octanol–water partition coefficient (Wildman–Crippen LogP) is 0.978. The summed E-state index contributed by atoms with van der Waals surface area (Å²) in [7, 11) is 0. The lowest BCUT2D eigenvalue weighted by atomic mass is 10.2. The van der Waals surface area contributed by atoms with Crippen LogP contribution in [0, 0.1) is 0 Å². The van der Waals surface area contributed by atoms with Gasteiger partial charge >= 0.3 is 0 Å². The Bertz CT molecular complexity index is 189. The lowest BCUT2D eigenvalue weighted by Gasteiger charge is -2.18. The molecule has 0 bridgehead atoms. The number of rotatable bonds is 2. The highest BCUT2D eigenvalue weighted by Gasteiger charge is 2.19. The van der Waals surface area contributed by atoms with Gasteiger partial charge in [0.25, 0.3) is 0 Å². The van der Waals surface area contributed by atoms with E-state index in [1.54, 1.807) is 4.90 Å². The van der Waals surface area contributed by atoms with E-state index >= 15 is 0 Å². The van der Waals surface area contributed by atoms with Crippen LogP contribution in [0.25, 0.3) is 0 Å². The quantitative estimate of drug-likeness (QED) is 0.618. The largest absolute Gasteiger partial charge is 0.342 e. The van der Waals surface area contributed by atoms with Gasteiger partial charge in [-0.25, -0.2) is 0 Å². The van der Waals surface area contributed by atoms with Crippen LogP contribution in [0.4, 0.5) is 0 Å². The fourth-order valence-corrected chi connectivity index (χ4v) is 1.42. The van der Waals surface area contributed by atoms with Crippen molar-refractivity contribution in [1.29, 1.82) is 0 Å². The van der Waals surface area contributed by atoms with Crippen molar-refractivity contribution in [2.45, 2.75) is 32.6 Å². The summed E-state index contributed by atoms with van der Waals surface area (Å²) in [6.07, 6.45) is 2.38. The number of amides is 1. The van der Waals surface area contributed by atoms with Crippen LogP contribution in [0.15, 0.2) is 0 Å². The van der Waals surface area contributed by atoms with Gasteiger partial charge in [-0.05, 0) is 6.42 Å². The van der Waals surface area contributed by atoms with Gasteiger partial charge < -0.3 is 4.90 Å². The average molecular weight is 169 g/mol. The van der Waals surface area contributed by atoms with Crippen molar-refractivity contribution < 1.29 is 9.59 Å². The first-order valence-electron chi connectivity index (χ1n) is 4.53. The Hall–Kier alpha value is -0.860. The summed E-state index contributed by atoms with van der Waals surface area (Å²) in [6, 6.07) is 0. The molecule has 12 heavy (non-hydrogen) atoms. The molecule has 1 aliphatic rings. The standard InChI is InChI=1S/C9H15NO2/c1-2-6-10-7-5-8(11)3-4-9(10)12/h2-7H2,1H3. The number of ketones is 1. The number of nitrogens with zero attached hydrogens (tertiary/aromatic N) is 1. The summed E-state index contributed by atoms with van der Waals surface area (Å²) < 4.78 is 0. The molecule has 0 aromatic carbocycles. The minimum Gasteiger partial charge on any atom is -0.342 e. The van der Waals surface area contributed by atoms with Gasteiger partial charge in [-0.1, -0.05) is 6.92 Å². The highest BCUT2D eigenvalue weighted by Crippen LogP contribution is 2.08. The first-order chi connectivity index (χ1) is 5.74. The van der Waals surface area contributed by atoms with Crippen molar-refractivity contribution in [3.63, 3.8) is 0 Å². The maximum Gasteiger partial charge on any atom is 0.223 e. The Morgan fingerprint density at radius 2 is 2.00 bits per heavy atom. The molecule has 1 amide bonds. The van der Waals surface area contributed by atoms with E-state index in [1.807, 2.05) is 6.92 Å². The second-order valence-corrected chi connectivity index (χ2v) is 3.17. The molecule has 3 heteroatoms. The van der Waals surface area contributed by atoms with E-state index in [1.165, 1.54) is 0 Å². The van der Waals surface area contributed by atoms with Gasteiger partial charge in [0.2, 0.25) is 5.91 Å². The normalized spacial score (nSPS) is 19.6. The summed E-state index contributed by atoms with van der Waals surface area (Å²) in [5.41, 5.74) is 0. The van der Waals surface area contributed by atoms with Crippen molar-refractivity contribution in [2.75, 3.05) is 13.1 Å². The number of hydrogen-bond donors (Lipinski definition) is 0. The van der Waals surface area contributed by atoms with Crippen LogP contribution in [-0.2, 0) is 9.59 Å². The van der Waals surface area contributed by atoms with Crippen LogP contribution in [0.1, 0.15) is 32.6 Å². The Labute approximate surface area is 72.7 Å². The molecular weight excluding hydrogens is 154 g/mol. The number of Topliss-reactive ketones (excluding diaryl/α,β-unsaturated/α-hetero) is 1. The Kier molecular flexibility index (Phi) is 3.26. The minimum absolute atomic E-state index is 0.141. The van der Waals surface area contributed by atoms with Crippen molar-refractivity contribution in [1.82, 2.24) is 4.90 Å². The van der Waals surface area contributed by atoms with Crippen molar-refractivity contribution >= 4 is 11.7 Å². The fraction of sp³-hybridized carbons (Fsp3) is 0.778. The van der Waals surface area contributed by atoms with E-state index in [9.17, 15) is 9.59 Å². The summed E-state index contributed by atoms with van der Waals surface area (Å²) >= 11 is 0. The average Bonchev–Trinajstić information content (AvgIpc) is 2.20. The smallest absolute Gasteiger partial charge is 0.223 e. The highest BCUT2D eigenvalue weighted by atomic mass is 16.2. The molecule has 1 fully saturated rings. The van der Waals surface area contributed by atoms with E-state index in [4.69, 9.17) is 0 Å². The molecule has 0 atom stereocenters. The van der Waals surface area contributed by atoms with Crippen molar-refractivity contribution in [3.05, 3.63) is 0 Å². The van der Waals surface area contributed by atoms with Gasteiger partial charge in [-0.3, -0.25) is 9.59 Å². The van der Waals surface area contributed by atoms with E-state index in [0.29, 0.717) is 25.8 Å². The molecule has 1 rings (SSSR count). The molecule has 1 heterocycles. The Morgan fingerprint density at radius 3 is 2.67 bits per heavy atom. The number of carbonyl (C=O) groups is 2. The van der Waals surface area contributed by atoms with Crippen LogP contribution in [-0.4, -0.2) is 29.7 Å². The van der Waals surface area contributed by atoms with E-state index < -0.39 is 0 Å². The Balaban J connectivity index is 2.50. The molecule has 1 saturated heterocycles. The molecule has 3 nitrogen and oxygen atoms in total. The minimum atomic E-state index is 0.141. The van der Waals surface area contributed by atoms with Gasteiger partial charge in [0.05, 0.1) is 0 Å². The van der Waals surface area contributed by atoms with Gasteiger partial charge in [0.15, 0.2) is 0 Å². The molecule has 0 saturated carbocycles. The first-order valence-corrected chi connectivity index (χ1v) is 4.53. The van der Waals surface area contributed by atoms with Crippen molar-refractivity contribution in [2.24, 2.45) is 0 Å². The molecule has 0 aromatic rings. The monoisotopic (exact) mass is 169 g/mol. The third-order valence-corrected chi connectivity index (χ3v) is 2.12. The molecule has 68 valence electrons. The second kappa shape index (κ2) is 4.24. The topological polar surface area (TPSA) is 37.4 Å². The summed E-state index contributed by atoms with van der Waals surface area (Å²) in [5.74, 6) is 0.365. The van der Waals surface area contributed by atoms with Crippen LogP contribution in [0.5, 0.6) is 0 Å². The van der Waals surface area contributed by atoms with E-state index in [2.05, 4.69) is 0 Å². The Morgan fingerprint density at radius 1 is 1.25 bits per heavy atom. The van der Waals surface area contributed by atoms with Gasteiger partial charge in [-0.2, -0.15) is 0 Å². The SMILES string of the molecule is CCCN1CCC(=O)CCC1=O. The van der Waals surface area contributed by atoms with Gasteiger partial charge in [-0.15, -0.1) is 0 Å². The zero-order chi connectivity index (χ0) is 8.97. The van der Waals surface area contributed by atoms with Crippen molar-refractivity contribution in [3.8, 4) is 0 Å². The molecule has 1 aliphatic heterocycles. The lowest BCUT2D eigenvalue weighted by Crippen LogP contribution is -2.30. The molecule has 0 N–H and O–H groups in total. The number of carbonyl (C=O) groups excluding carboxylic acids is 2. The van der Waals surface area contributed by atoms with Gasteiger partial charge in [0.1, 0.15) is 5.78 Å². The summed E-state index contributed by atoms with van der Waals surface area (Å²) in [5, 5.41) is 0. The second-order valence-electron chi connectivity index (χ2n) is 3.17. The predicted molar refractivity (Wildman–Crippen MR) is 45.7 cm³/mol. The maximum absolute atomic E-state index is 11.3. The number of likely N-dealkylation sites (tertiary alicyclic amines) is 1. The van der Waals surface area contributed by atoms with Crippen LogP contribution < -0.4 is 0 Å². The molecular formula is C9H15NO2. The molecule has 0 aromatic heterocycles. The fourth-order valence-electron chi connectivity index (χ4n) is 1.42. The van der Waals surface area contributed by atoms with Crippen LogP contribution in [0.3, 0.4) is 0 Å². The highest BCUT2D eigenvalue weighted by molar-refractivity contribution is 5.87. The van der Waals surface area contributed by atoms with E-state index in [-0.39, 0.29) is 11.7 Å². The molecule has 0 spiro atoms. The third kappa shape index (κ3) is 2.32. The van der Waals surface area contributed by atoms with Crippen LogP contribution in [0.2, 0.25) is 0 Å². The summed E-state index contributed by atoms with van der Waals surface area (Å²) in [4.78, 5) is 24.1. The van der Waals surface area contributed by atoms with Crippen LogP contribution >= 0.6 is 0 Å². The van der Waals surface area contributed by atoms with E-state index in [0.717, 1.165) is 13.0 Å². The molecule has 0 unspecified atom stereocenters. The molecule has 0 aliphatic carbocycles. The van der Waals surface area contributed by atoms with Gasteiger partial charge in [0, 0.05) is 32.4 Å². The zero-order valence-electron chi connectivity index (χ0n) is 7.51. The lowest BCUT2D eigenvalue weighted by molar-refractivity contribution is -0.131. The maximum atomic E-state index is 11.3. The summed E-state index contributed by atoms with van der Waals surface area (Å²) in [6.45, 7) is 3.47. The molecule has 0 radical (unpaired) electrons.